The summed E-state index contributed by atoms with van der Waals surface area (Å²) in [6.45, 7) is 0. The minimum Gasteiger partial charge on any atom is -0.466 e. The summed E-state index contributed by atoms with van der Waals surface area (Å²) in [4.78, 5) is 26.7. The summed E-state index contributed by atoms with van der Waals surface area (Å²) in [5, 5.41) is 6.12. The second-order valence-corrected chi connectivity index (χ2v) is 9.25. The van der Waals surface area contributed by atoms with Crippen LogP contribution in [0, 0.1) is 0 Å². The van der Waals surface area contributed by atoms with Gasteiger partial charge < -0.3 is 24.8 Å². The zero-order valence-electron chi connectivity index (χ0n) is 21.3. The molecule has 3 aromatic carbocycles. The van der Waals surface area contributed by atoms with Crippen LogP contribution in [0.3, 0.4) is 0 Å². The molecule has 3 unspecified atom stereocenters. The first kappa shape index (κ1) is 27.0. The third-order valence-electron chi connectivity index (χ3n) is 6.68. The summed E-state index contributed by atoms with van der Waals surface area (Å²) < 4.78 is 52.9. The number of esters is 1. The van der Waals surface area contributed by atoms with E-state index in [9.17, 15) is 22.8 Å². The van der Waals surface area contributed by atoms with E-state index in [1.54, 1.807) is 12.2 Å². The third kappa shape index (κ3) is 5.57. The molecule has 2 aliphatic rings. The first-order chi connectivity index (χ1) is 19.2. The summed E-state index contributed by atoms with van der Waals surface area (Å²) in [5.41, 5.74) is 0.774. The van der Waals surface area contributed by atoms with Crippen LogP contribution in [-0.4, -0.2) is 43.1 Å². The lowest BCUT2D eigenvalue weighted by Crippen LogP contribution is -2.49. The fourth-order valence-corrected chi connectivity index (χ4v) is 4.99. The SMILES string of the molecule is COC(=O)C1=C(C(=O)Nc2ccc(OC(F)(F)F)cc2)C2C=CC1(C(Cc1ccccc1)Nc1ccccc1)O2. The highest BCUT2D eigenvalue weighted by Gasteiger charge is 2.58. The molecule has 5 rings (SSSR count). The largest absolute Gasteiger partial charge is 0.573 e. The molecule has 1 amide bonds. The molecule has 0 saturated carbocycles. The van der Waals surface area contributed by atoms with Crippen LogP contribution in [0.2, 0.25) is 0 Å². The highest BCUT2D eigenvalue weighted by Crippen LogP contribution is 2.47. The Morgan fingerprint density at radius 2 is 1.60 bits per heavy atom. The number of anilines is 2. The molecule has 2 bridgehead atoms. The van der Waals surface area contributed by atoms with Gasteiger partial charge in [-0.2, -0.15) is 0 Å². The van der Waals surface area contributed by atoms with E-state index in [2.05, 4.69) is 15.4 Å². The van der Waals surface area contributed by atoms with Crippen molar-refractivity contribution in [2.45, 2.75) is 30.5 Å². The van der Waals surface area contributed by atoms with Crippen molar-refractivity contribution >= 4 is 23.3 Å². The van der Waals surface area contributed by atoms with Gasteiger partial charge in [0.25, 0.3) is 5.91 Å². The van der Waals surface area contributed by atoms with Crippen LogP contribution in [0.15, 0.2) is 108 Å². The smallest absolute Gasteiger partial charge is 0.466 e. The molecule has 3 atom stereocenters. The Labute approximate surface area is 228 Å². The van der Waals surface area contributed by atoms with Crippen LogP contribution in [0.1, 0.15) is 5.56 Å². The fourth-order valence-electron chi connectivity index (χ4n) is 4.99. The number of alkyl halides is 3. The quantitative estimate of drug-likeness (QED) is 0.273. The second kappa shape index (κ2) is 10.9. The monoisotopic (exact) mass is 550 g/mol. The molecule has 0 aliphatic carbocycles. The number of hydrogen-bond acceptors (Lipinski definition) is 6. The number of ether oxygens (including phenoxy) is 3. The first-order valence-electron chi connectivity index (χ1n) is 12.4. The van der Waals surface area contributed by atoms with Gasteiger partial charge in [-0.15, -0.1) is 13.2 Å². The van der Waals surface area contributed by atoms with E-state index >= 15 is 0 Å². The van der Waals surface area contributed by atoms with Crippen molar-refractivity contribution in [3.8, 4) is 5.75 Å². The Morgan fingerprint density at radius 1 is 0.950 bits per heavy atom. The van der Waals surface area contributed by atoms with Crippen LogP contribution < -0.4 is 15.4 Å². The summed E-state index contributed by atoms with van der Waals surface area (Å²) >= 11 is 0. The summed E-state index contributed by atoms with van der Waals surface area (Å²) in [5.74, 6) is -1.79. The van der Waals surface area contributed by atoms with Crippen molar-refractivity contribution in [2.75, 3.05) is 17.7 Å². The zero-order valence-corrected chi connectivity index (χ0v) is 21.3. The summed E-state index contributed by atoms with van der Waals surface area (Å²) in [6.07, 6.45) is -1.74. The molecular weight excluding hydrogens is 525 g/mol. The van der Waals surface area contributed by atoms with Gasteiger partial charge in [0, 0.05) is 11.4 Å². The van der Waals surface area contributed by atoms with Crippen molar-refractivity contribution in [3.63, 3.8) is 0 Å². The maximum Gasteiger partial charge on any atom is 0.573 e. The molecule has 0 fully saturated rings. The predicted octanol–water partition coefficient (Wildman–Crippen LogP) is 5.42. The number of methoxy groups -OCH3 is 1. The van der Waals surface area contributed by atoms with E-state index in [0.29, 0.717) is 6.42 Å². The number of hydrogen-bond donors (Lipinski definition) is 2. The Bertz CT molecular complexity index is 1400. The molecule has 206 valence electrons. The van der Waals surface area contributed by atoms with E-state index in [1.165, 1.54) is 19.2 Å². The number of rotatable bonds is 9. The van der Waals surface area contributed by atoms with E-state index in [0.717, 1.165) is 23.4 Å². The average Bonchev–Trinajstić information content (AvgIpc) is 3.52. The Morgan fingerprint density at radius 3 is 2.23 bits per heavy atom. The van der Waals surface area contributed by atoms with Crippen LogP contribution >= 0.6 is 0 Å². The Hall–Kier alpha value is -4.57. The molecule has 0 saturated heterocycles. The van der Waals surface area contributed by atoms with Crippen molar-refractivity contribution in [3.05, 3.63) is 114 Å². The number of carbonyl (C=O) groups excluding carboxylic acids is 2. The molecule has 0 radical (unpaired) electrons. The minimum absolute atomic E-state index is 0.0568. The van der Waals surface area contributed by atoms with Gasteiger partial charge in [0.2, 0.25) is 0 Å². The van der Waals surface area contributed by atoms with Crippen LogP contribution in [0.4, 0.5) is 24.5 Å². The van der Waals surface area contributed by atoms with Gasteiger partial charge >= 0.3 is 12.3 Å². The molecule has 3 aromatic rings. The third-order valence-corrected chi connectivity index (χ3v) is 6.68. The Kier molecular flexibility index (Phi) is 7.36. The number of benzene rings is 3. The lowest BCUT2D eigenvalue weighted by Gasteiger charge is -2.36. The fraction of sp³-hybridized carbons (Fsp3) is 0.200. The van der Waals surface area contributed by atoms with E-state index in [4.69, 9.17) is 9.47 Å². The highest BCUT2D eigenvalue weighted by atomic mass is 19.4. The highest BCUT2D eigenvalue weighted by molar-refractivity contribution is 6.12. The average molecular weight is 551 g/mol. The maximum atomic E-state index is 13.5. The lowest BCUT2D eigenvalue weighted by atomic mass is 9.78. The molecule has 7 nitrogen and oxygen atoms in total. The number of para-hydroxylation sites is 1. The van der Waals surface area contributed by atoms with Crippen molar-refractivity contribution in [2.24, 2.45) is 0 Å². The topological polar surface area (TPSA) is 85.9 Å². The number of carbonyl (C=O) groups is 2. The summed E-state index contributed by atoms with van der Waals surface area (Å²) in [6, 6.07) is 23.3. The van der Waals surface area contributed by atoms with E-state index in [1.807, 2.05) is 60.7 Å². The van der Waals surface area contributed by atoms with E-state index < -0.39 is 41.7 Å². The molecule has 0 spiro atoms. The molecular formula is C30H25F3N2O5. The van der Waals surface area contributed by atoms with Crippen molar-refractivity contribution in [1.82, 2.24) is 0 Å². The van der Waals surface area contributed by atoms with Crippen LogP contribution in [0.5, 0.6) is 5.75 Å². The van der Waals surface area contributed by atoms with Gasteiger partial charge in [-0.3, -0.25) is 4.79 Å². The van der Waals surface area contributed by atoms with Crippen LogP contribution in [0.25, 0.3) is 0 Å². The van der Waals surface area contributed by atoms with Crippen LogP contribution in [-0.2, 0) is 25.5 Å². The van der Waals surface area contributed by atoms with Gasteiger partial charge in [-0.1, -0.05) is 54.6 Å². The molecule has 0 aromatic heterocycles. The zero-order chi connectivity index (χ0) is 28.3. The van der Waals surface area contributed by atoms with Gasteiger partial charge in [0.1, 0.15) is 17.5 Å². The number of amides is 1. The standard InChI is InChI=1S/C30H25F3N2O5/c1-38-28(37)26-25(27(36)35-21-12-14-22(15-13-21)39-30(31,32)33)23-16-17-29(26,40-23)24(18-19-8-4-2-5-9-19)34-20-10-6-3-7-11-20/h2-17,23-24,34H,18H2,1H3,(H,35,36). The van der Waals surface area contributed by atoms with Crippen molar-refractivity contribution in [1.29, 1.82) is 0 Å². The van der Waals surface area contributed by atoms with Gasteiger partial charge in [-0.05, 0) is 54.5 Å². The van der Waals surface area contributed by atoms with Gasteiger partial charge in [0.05, 0.1) is 24.3 Å². The Balaban J connectivity index is 1.49. The van der Waals surface area contributed by atoms with Gasteiger partial charge in [0.15, 0.2) is 0 Å². The number of halogens is 3. The summed E-state index contributed by atoms with van der Waals surface area (Å²) in [7, 11) is 1.23. The minimum atomic E-state index is -4.84. The second-order valence-electron chi connectivity index (χ2n) is 9.25. The predicted molar refractivity (Wildman–Crippen MR) is 142 cm³/mol. The first-order valence-corrected chi connectivity index (χ1v) is 12.4. The lowest BCUT2D eigenvalue weighted by molar-refractivity contribution is -0.274. The van der Waals surface area contributed by atoms with Gasteiger partial charge in [-0.25, -0.2) is 4.79 Å². The van der Waals surface area contributed by atoms with Crippen molar-refractivity contribution < 1.29 is 37.0 Å². The molecule has 2 aliphatic heterocycles. The normalized spacial score (nSPS) is 20.2. The molecule has 2 N–H and O–H groups in total. The number of fused-ring (bicyclic) bond motifs is 2. The molecule has 40 heavy (non-hydrogen) atoms. The number of nitrogens with one attached hydrogen (secondary N) is 2. The molecule has 10 heteroatoms. The maximum absolute atomic E-state index is 13.5. The molecule has 2 heterocycles. The van der Waals surface area contributed by atoms with E-state index in [-0.39, 0.29) is 16.8 Å².